The van der Waals surface area contributed by atoms with Crippen molar-refractivity contribution in [2.75, 3.05) is 0 Å². The summed E-state index contributed by atoms with van der Waals surface area (Å²) < 4.78 is 2.19. The topological polar surface area (TPSA) is 66.9 Å². The van der Waals surface area contributed by atoms with Crippen molar-refractivity contribution in [1.82, 2.24) is 14.8 Å². The minimum atomic E-state index is 0.526. The van der Waals surface area contributed by atoms with Gasteiger partial charge >= 0.3 is 0 Å². The van der Waals surface area contributed by atoms with Crippen molar-refractivity contribution in [1.29, 1.82) is 5.26 Å². The smallest absolute Gasteiger partial charge is 0.160 e. The predicted molar refractivity (Wildman–Crippen MR) is 122 cm³/mol. The quantitative estimate of drug-likeness (QED) is 0.457. The molecule has 0 fully saturated rings. The van der Waals surface area contributed by atoms with E-state index in [1.165, 1.54) is 27.4 Å². The molecule has 0 bridgehead atoms. The van der Waals surface area contributed by atoms with Gasteiger partial charge in [0.05, 0.1) is 17.3 Å². The van der Waals surface area contributed by atoms with Crippen molar-refractivity contribution < 1.29 is 0 Å². The summed E-state index contributed by atoms with van der Waals surface area (Å²) in [6, 6.07) is 18.5. The van der Waals surface area contributed by atoms with Gasteiger partial charge in [-0.3, -0.25) is 9.56 Å². The highest BCUT2D eigenvalue weighted by Crippen LogP contribution is 2.41. The maximum atomic E-state index is 9.20. The van der Waals surface area contributed by atoms with E-state index in [1.807, 2.05) is 42.5 Å². The van der Waals surface area contributed by atoms with Crippen LogP contribution in [0.5, 0.6) is 0 Å². The first-order chi connectivity index (χ1) is 15.2. The molecule has 0 amide bonds. The van der Waals surface area contributed by atoms with Gasteiger partial charge in [-0.1, -0.05) is 36.4 Å². The third kappa shape index (κ3) is 2.85. The zero-order valence-electron chi connectivity index (χ0n) is 17.1. The number of nitrogens with zero attached hydrogens (tertiary/aromatic N) is 5. The van der Waals surface area contributed by atoms with Gasteiger partial charge in [-0.2, -0.15) is 5.26 Å². The van der Waals surface area contributed by atoms with Crippen molar-refractivity contribution in [3.8, 4) is 22.2 Å². The van der Waals surface area contributed by atoms with Crippen LogP contribution in [0, 0.1) is 18.3 Å². The standard InChI is InChI=1S/C25H19N5S/c1-15-28-29-22-14-27-24(23-20-6-3-7-21(20)31-25(23)30(15)22)18-10-8-17(9-11-18)19-5-2-4-16(12-19)13-26/h2,4-5,8-12H,3,6-7,14H2,1H3. The van der Waals surface area contributed by atoms with Crippen LogP contribution < -0.4 is 0 Å². The van der Waals surface area contributed by atoms with Crippen LogP contribution in [0.2, 0.25) is 0 Å². The second kappa shape index (κ2) is 7.00. The largest absolute Gasteiger partial charge is 0.276 e. The summed E-state index contributed by atoms with van der Waals surface area (Å²) >= 11 is 1.87. The summed E-state index contributed by atoms with van der Waals surface area (Å²) in [6.07, 6.45) is 3.46. The molecule has 0 saturated carbocycles. The Morgan fingerprint density at radius 3 is 2.68 bits per heavy atom. The first-order valence-corrected chi connectivity index (χ1v) is 11.3. The number of thiophene rings is 1. The molecule has 150 valence electrons. The molecule has 6 heteroatoms. The molecule has 2 aromatic heterocycles. The second-order valence-electron chi connectivity index (χ2n) is 7.97. The molecular formula is C25H19N5S. The molecule has 0 atom stereocenters. The molecule has 1 aliphatic carbocycles. The average Bonchev–Trinajstić information content (AvgIpc) is 3.47. The van der Waals surface area contributed by atoms with Crippen LogP contribution in [0.1, 0.15) is 45.2 Å². The van der Waals surface area contributed by atoms with Crippen molar-refractivity contribution in [3.05, 3.63) is 87.3 Å². The molecule has 4 aromatic rings. The summed E-state index contributed by atoms with van der Waals surface area (Å²) in [7, 11) is 0. The molecule has 0 unspecified atom stereocenters. The monoisotopic (exact) mass is 421 g/mol. The lowest BCUT2D eigenvalue weighted by Gasteiger charge is -2.11. The van der Waals surface area contributed by atoms with E-state index < -0.39 is 0 Å². The van der Waals surface area contributed by atoms with Gasteiger partial charge in [-0.05, 0) is 55.0 Å². The van der Waals surface area contributed by atoms with Gasteiger partial charge < -0.3 is 0 Å². The van der Waals surface area contributed by atoms with Crippen LogP contribution in [0.4, 0.5) is 0 Å². The second-order valence-corrected chi connectivity index (χ2v) is 9.05. The fraction of sp³-hybridized carbons (Fsp3) is 0.200. The van der Waals surface area contributed by atoms with E-state index in [2.05, 4.69) is 45.1 Å². The average molecular weight is 422 g/mol. The van der Waals surface area contributed by atoms with E-state index in [9.17, 15) is 5.26 Å². The normalized spacial score (nSPS) is 14.3. The highest BCUT2D eigenvalue weighted by atomic mass is 32.1. The lowest BCUT2D eigenvalue weighted by molar-refractivity contribution is 0.868. The van der Waals surface area contributed by atoms with E-state index in [-0.39, 0.29) is 0 Å². The summed E-state index contributed by atoms with van der Waals surface area (Å²) in [5.74, 6) is 1.82. The SMILES string of the molecule is Cc1nnc2n1-c1sc3c(c1C(c1ccc(-c4cccc(C#N)c4)cc1)=NC2)CCC3. The molecule has 5 nitrogen and oxygen atoms in total. The molecule has 2 aromatic carbocycles. The van der Waals surface area contributed by atoms with Crippen LogP contribution >= 0.6 is 11.3 Å². The fourth-order valence-corrected chi connectivity index (χ4v) is 6.08. The number of aromatic nitrogens is 3. The Bertz CT molecular complexity index is 1400. The highest BCUT2D eigenvalue weighted by Gasteiger charge is 2.30. The Morgan fingerprint density at radius 1 is 1.00 bits per heavy atom. The van der Waals surface area contributed by atoms with Gasteiger partial charge in [0.25, 0.3) is 0 Å². The number of nitriles is 1. The van der Waals surface area contributed by atoms with Gasteiger partial charge in [0, 0.05) is 16.0 Å². The third-order valence-corrected chi connectivity index (χ3v) is 7.37. The molecular weight excluding hydrogens is 402 g/mol. The Labute approximate surface area is 184 Å². The summed E-state index contributed by atoms with van der Waals surface area (Å²) in [4.78, 5) is 6.50. The Balaban J connectivity index is 1.47. The highest BCUT2D eigenvalue weighted by molar-refractivity contribution is 7.15. The van der Waals surface area contributed by atoms with E-state index >= 15 is 0 Å². The molecule has 0 saturated heterocycles. The van der Waals surface area contributed by atoms with Gasteiger partial charge in [-0.25, -0.2) is 0 Å². The lowest BCUT2D eigenvalue weighted by Crippen LogP contribution is -2.08. The molecule has 31 heavy (non-hydrogen) atoms. The van der Waals surface area contributed by atoms with Crippen molar-refractivity contribution in [3.63, 3.8) is 0 Å². The number of aliphatic imine (C=N–C) groups is 1. The van der Waals surface area contributed by atoms with E-state index in [1.54, 1.807) is 0 Å². The van der Waals surface area contributed by atoms with Gasteiger partial charge in [0.2, 0.25) is 0 Å². The summed E-state index contributed by atoms with van der Waals surface area (Å²) in [5.41, 5.74) is 7.70. The van der Waals surface area contributed by atoms with Crippen LogP contribution in [-0.2, 0) is 19.4 Å². The molecule has 0 radical (unpaired) electrons. The molecule has 6 rings (SSSR count). The first kappa shape index (κ1) is 18.2. The fourth-order valence-electron chi connectivity index (χ4n) is 4.62. The zero-order chi connectivity index (χ0) is 20.9. The maximum absolute atomic E-state index is 9.20. The van der Waals surface area contributed by atoms with Crippen LogP contribution in [0.3, 0.4) is 0 Å². The molecule has 2 aliphatic rings. The number of hydrogen-bond donors (Lipinski definition) is 0. The van der Waals surface area contributed by atoms with Crippen molar-refractivity contribution >= 4 is 17.0 Å². The molecule has 0 N–H and O–H groups in total. The lowest BCUT2D eigenvalue weighted by atomic mass is 9.96. The minimum Gasteiger partial charge on any atom is -0.276 e. The zero-order valence-corrected chi connectivity index (χ0v) is 17.9. The first-order valence-electron chi connectivity index (χ1n) is 10.4. The van der Waals surface area contributed by atoms with Crippen molar-refractivity contribution in [2.24, 2.45) is 4.99 Å². The predicted octanol–water partition coefficient (Wildman–Crippen LogP) is 5.02. The van der Waals surface area contributed by atoms with Crippen LogP contribution in [-0.4, -0.2) is 20.5 Å². The van der Waals surface area contributed by atoms with E-state index in [4.69, 9.17) is 4.99 Å². The van der Waals surface area contributed by atoms with Gasteiger partial charge in [0.1, 0.15) is 17.4 Å². The molecule has 0 spiro atoms. The molecule has 1 aliphatic heterocycles. The van der Waals surface area contributed by atoms with Crippen molar-refractivity contribution in [2.45, 2.75) is 32.7 Å². The Hall–Kier alpha value is -3.56. The van der Waals surface area contributed by atoms with Crippen LogP contribution in [0.25, 0.3) is 16.1 Å². The summed E-state index contributed by atoms with van der Waals surface area (Å²) in [6.45, 7) is 2.54. The van der Waals surface area contributed by atoms with Crippen LogP contribution in [0.15, 0.2) is 53.5 Å². The number of hydrogen-bond acceptors (Lipinski definition) is 5. The van der Waals surface area contributed by atoms with E-state index in [0.717, 1.165) is 46.9 Å². The number of benzene rings is 2. The number of rotatable bonds is 2. The van der Waals surface area contributed by atoms with Gasteiger partial charge in [-0.15, -0.1) is 21.5 Å². The number of aryl methyl sites for hydroxylation is 2. The van der Waals surface area contributed by atoms with Gasteiger partial charge in [0.15, 0.2) is 5.82 Å². The summed E-state index contributed by atoms with van der Waals surface area (Å²) in [5, 5.41) is 19.1. The third-order valence-electron chi connectivity index (χ3n) is 6.10. The number of fused-ring (bicyclic) bond motifs is 5. The Kier molecular flexibility index (Phi) is 4.12. The molecule has 3 heterocycles. The Morgan fingerprint density at radius 2 is 1.84 bits per heavy atom. The maximum Gasteiger partial charge on any atom is 0.160 e. The minimum absolute atomic E-state index is 0.526. The van der Waals surface area contributed by atoms with E-state index in [0.29, 0.717) is 12.1 Å².